The van der Waals surface area contributed by atoms with E-state index in [0.717, 1.165) is 18.4 Å². The van der Waals surface area contributed by atoms with Crippen LogP contribution in [0.5, 0.6) is 0 Å². The van der Waals surface area contributed by atoms with Crippen LogP contribution in [-0.4, -0.2) is 45.5 Å². The molecule has 1 aromatic rings. The Labute approximate surface area is 116 Å². The summed E-state index contributed by atoms with van der Waals surface area (Å²) in [6.45, 7) is 2.30. The molecule has 19 heavy (non-hydrogen) atoms. The summed E-state index contributed by atoms with van der Waals surface area (Å²) in [5, 5.41) is 15.0. The Balaban J connectivity index is 2.14. The molecule has 1 aliphatic rings. The smallest absolute Gasteiger partial charge is 0.0765 e. The van der Waals surface area contributed by atoms with E-state index >= 15 is 0 Å². The van der Waals surface area contributed by atoms with Crippen LogP contribution in [0.4, 0.5) is 0 Å². The van der Waals surface area contributed by atoms with Crippen molar-refractivity contribution in [3.8, 4) is 0 Å². The average Bonchev–Trinajstić information content (AvgIpc) is 2.74. The van der Waals surface area contributed by atoms with E-state index in [2.05, 4.69) is 31.0 Å². The van der Waals surface area contributed by atoms with Crippen molar-refractivity contribution in [2.24, 2.45) is 13.0 Å². The Morgan fingerprint density at radius 2 is 2.32 bits per heavy atom. The lowest BCUT2D eigenvalue weighted by molar-refractivity contribution is -0.0424. The Bertz CT molecular complexity index is 415. The number of hydrogen-bond donors (Lipinski definition) is 1. The molecule has 0 amide bonds. The molecule has 1 fully saturated rings. The minimum absolute atomic E-state index is 0.0759. The maximum Gasteiger partial charge on any atom is 0.0765 e. The first-order valence-electron chi connectivity index (χ1n) is 7.27. The Kier molecular flexibility index (Phi) is 4.31. The number of aliphatic hydroxyl groups is 1. The molecule has 0 radical (unpaired) electrons. The van der Waals surface area contributed by atoms with E-state index in [1.165, 1.54) is 12.8 Å². The second-order valence-electron chi connectivity index (χ2n) is 6.44. The van der Waals surface area contributed by atoms with Crippen LogP contribution in [0.25, 0.3) is 0 Å². The van der Waals surface area contributed by atoms with Gasteiger partial charge in [0.25, 0.3) is 0 Å². The maximum absolute atomic E-state index is 10.8. The van der Waals surface area contributed by atoms with Gasteiger partial charge in [0.15, 0.2) is 0 Å². The van der Waals surface area contributed by atoms with E-state index < -0.39 is 0 Å². The molecule has 3 atom stereocenters. The summed E-state index contributed by atoms with van der Waals surface area (Å²) in [5.41, 5.74) is 1.04. The predicted octanol–water partition coefficient (Wildman–Crippen LogP) is 1.83. The van der Waals surface area contributed by atoms with Crippen molar-refractivity contribution < 1.29 is 5.11 Å². The van der Waals surface area contributed by atoms with Crippen molar-refractivity contribution in [1.82, 2.24) is 14.7 Å². The predicted molar refractivity (Wildman–Crippen MR) is 77.0 cm³/mol. The van der Waals surface area contributed by atoms with Gasteiger partial charge >= 0.3 is 0 Å². The van der Waals surface area contributed by atoms with Crippen LogP contribution in [0.1, 0.15) is 38.2 Å². The van der Waals surface area contributed by atoms with Crippen molar-refractivity contribution in [3.05, 3.63) is 18.0 Å². The highest BCUT2D eigenvalue weighted by Gasteiger charge is 2.42. The van der Waals surface area contributed by atoms with E-state index in [9.17, 15) is 5.11 Å². The minimum atomic E-state index is -0.325. The quantitative estimate of drug-likeness (QED) is 0.903. The first-order valence-corrected chi connectivity index (χ1v) is 7.27. The van der Waals surface area contributed by atoms with Crippen molar-refractivity contribution in [2.45, 2.75) is 50.7 Å². The molecule has 1 aliphatic carbocycles. The van der Waals surface area contributed by atoms with Crippen LogP contribution in [0, 0.1) is 5.92 Å². The van der Waals surface area contributed by atoms with Crippen molar-refractivity contribution in [3.63, 3.8) is 0 Å². The van der Waals surface area contributed by atoms with E-state index in [4.69, 9.17) is 0 Å². The summed E-state index contributed by atoms with van der Waals surface area (Å²) in [4.78, 5) is 2.24. The first kappa shape index (κ1) is 14.5. The van der Waals surface area contributed by atoms with Crippen molar-refractivity contribution >= 4 is 0 Å². The lowest BCUT2D eigenvalue weighted by Crippen LogP contribution is -2.56. The van der Waals surface area contributed by atoms with E-state index in [0.29, 0.717) is 12.3 Å². The molecule has 1 heterocycles. The topological polar surface area (TPSA) is 41.3 Å². The molecule has 0 aliphatic heterocycles. The molecule has 0 aromatic carbocycles. The Morgan fingerprint density at radius 3 is 2.84 bits per heavy atom. The largest absolute Gasteiger partial charge is 0.391 e. The SMILES string of the molecule is CC1CCCC(C(O)Cc2cnn(C)c2)(N(C)C)C1. The summed E-state index contributed by atoms with van der Waals surface area (Å²) >= 11 is 0. The van der Waals surface area contributed by atoms with Crippen LogP contribution in [0.15, 0.2) is 12.4 Å². The van der Waals surface area contributed by atoms with Crippen LogP contribution in [0.3, 0.4) is 0 Å². The van der Waals surface area contributed by atoms with E-state index in [1.54, 1.807) is 4.68 Å². The van der Waals surface area contributed by atoms with Gasteiger partial charge < -0.3 is 10.0 Å². The third-order valence-electron chi connectivity index (χ3n) is 4.71. The van der Waals surface area contributed by atoms with Gasteiger partial charge in [-0.05, 0) is 38.4 Å². The fourth-order valence-corrected chi connectivity index (χ4v) is 3.56. The highest BCUT2D eigenvalue weighted by atomic mass is 16.3. The lowest BCUT2D eigenvalue weighted by Gasteiger charge is -2.48. The zero-order chi connectivity index (χ0) is 14.0. The fourth-order valence-electron chi connectivity index (χ4n) is 3.56. The first-order chi connectivity index (χ1) is 8.94. The van der Waals surface area contributed by atoms with Gasteiger partial charge in [0.05, 0.1) is 12.3 Å². The van der Waals surface area contributed by atoms with Crippen LogP contribution in [0.2, 0.25) is 0 Å². The van der Waals surface area contributed by atoms with Crippen LogP contribution in [-0.2, 0) is 13.5 Å². The molecule has 0 bridgehead atoms. The van der Waals surface area contributed by atoms with Crippen LogP contribution >= 0.6 is 0 Å². The zero-order valence-electron chi connectivity index (χ0n) is 12.6. The van der Waals surface area contributed by atoms with Gasteiger partial charge in [-0.15, -0.1) is 0 Å². The van der Waals surface area contributed by atoms with Gasteiger partial charge in [-0.2, -0.15) is 5.10 Å². The maximum atomic E-state index is 10.8. The molecule has 0 spiro atoms. The average molecular weight is 265 g/mol. The molecule has 108 valence electrons. The van der Waals surface area contributed by atoms with Gasteiger partial charge in [-0.25, -0.2) is 0 Å². The minimum Gasteiger partial charge on any atom is -0.391 e. The molecular formula is C15H27N3O. The second kappa shape index (κ2) is 5.63. The Hall–Kier alpha value is -0.870. The van der Waals surface area contributed by atoms with E-state index in [-0.39, 0.29) is 11.6 Å². The number of likely N-dealkylation sites (N-methyl/N-ethyl adjacent to an activating group) is 1. The molecule has 4 heteroatoms. The number of aromatic nitrogens is 2. The highest BCUT2D eigenvalue weighted by molar-refractivity contribution is 5.10. The number of nitrogens with zero attached hydrogens (tertiary/aromatic N) is 3. The highest BCUT2D eigenvalue weighted by Crippen LogP contribution is 2.39. The lowest BCUT2D eigenvalue weighted by atomic mass is 9.71. The third kappa shape index (κ3) is 3.00. The number of hydrogen-bond acceptors (Lipinski definition) is 3. The molecule has 0 saturated heterocycles. The fraction of sp³-hybridized carbons (Fsp3) is 0.800. The molecular weight excluding hydrogens is 238 g/mol. The van der Waals surface area contributed by atoms with E-state index in [1.807, 2.05) is 19.4 Å². The molecule has 1 N–H and O–H groups in total. The number of rotatable bonds is 4. The molecule has 3 unspecified atom stereocenters. The third-order valence-corrected chi connectivity index (χ3v) is 4.71. The van der Waals surface area contributed by atoms with Gasteiger partial charge in [-0.1, -0.05) is 19.8 Å². The van der Waals surface area contributed by atoms with Gasteiger partial charge in [0, 0.05) is 25.2 Å². The van der Waals surface area contributed by atoms with Crippen molar-refractivity contribution in [2.75, 3.05) is 14.1 Å². The molecule has 1 saturated carbocycles. The summed E-state index contributed by atoms with van der Waals surface area (Å²) in [5.74, 6) is 0.694. The van der Waals surface area contributed by atoms with Gasteiger partial charge in [-0.3, -0.25) is 4.68 Å². The monoisotopic (exact) mass is 265 g/mol. The van der Waals surface area contributed by atoms with Gasteiger partial charge in [0.2, 0.25) is 0 Å². The standard InChI is InChI=1S/C15H27N3O/c1-12-6-5-7-15(9-12,17(2)3)14(19)8-13-10-16-18(4)11-13/h10-12,14,19H,5-9H2,1-4H3. The normalized spacial score (nSPS) is 29.7. The summed E-state index contributed by atoms with van der Waals surface area (Å²) in [6.07, 6.45) is 8.90. The molecule has 1 aromatic heterocycles. The summed E-state index contributed by atoms with van der Waals surface area (Å²) in [6, 6.07) is 0. The summed E-state index contributed by atoms with van der Waals surface area (Å²) in [7, 11) is 6.12. The van der Waals surface area contributed by atoms with Crippen molar-refractivity contribution in [1.29, 1.82) is 0 Å². The van der Waals surface area contributed by atoms with Crippen LogP contribution < -0.4 is 0 Å². The number of aliphatic hydroxyl groups excluding tert-OH is 1. The molecule has 2 rings (SSSR count). The Morgan fingerprint density at radius 1 is 1.58 bits per heavy atom. The molecule has 4 nitrogen and oxygen atoms in total. The van der Waals surface area contributed by atoms with Gasteiger partial charge in [0.1, 0.15) is 0 Å². The zero-order valence-corrected chi connectivity index (χ0v) is 12.6. The number of aryl methyl sites for hydroxylation is 1. The summed E-state index contributed by atoms with van der Waals surface area (Å²) < 4.78 is 1.80. The second-order valence-corrected chi connectivity index (χ2v) is 6.44.